The summed E-state index contributed by atoms with van der Waals surface area (Å²) < 4.78 is 10.6. The maximum Gasteiger partial charge on any atom is 0.417 e. The summed E-state index contributed by atoms with van der Waals surface area (Å²) in [6.07, 6.45) is -1.29. The zero-order valence-electron chi connectivity index (χ0n) is 15.9. The first-order valence-corrected chi connectivity index (χ1v) is 8.51. The lowest BCUT2D eigenvalue weighted by Gasteiger charge is -2.44. The van der Waals surface area contributed by atoms with Crippen LogP contribution in [0.4, 0.5) is 9.59 Å². The van der Waals surface area contributed by atoms with Gasteiger partial charge < -0.3 is 9.47 Å². The fourth-order valence-electron chi connectivity index (χ4n) is 2.59. The van der Waals surface area contributed by atoms with E-state index in [-0.39, 0.29) is 19.7 Å². The third-order valence-corrected chi connectivity index (χ3v) is 3.91. The van der Waals surface area contributed by atoms with Gasteiger partial charge in [0.05, 0.1) is 12.1 Å². The van der Waals surface area contributed by atoms with E-state index in [1.807, 2.05) is 30.3 Å². The number of rotatable bonds is 2. The Morgan fingerprint density at radius 1 is 1.12 bits per heavy atom. The monoisotopic (exact) mass is 362 g/mol. The van der Waals surface area contributed by atoms with E-state index in [0.29, 0.717) is 0 Å². The SMILES string of the molecule is CC(C)(C)OC(=O)N1CC(C)(C)N(C(=O)OCc2ccccc2)CC1=O. The van der Waals surface area contributed by atoms with Gasteiger partial charge in [-0.1, -0.05) is 30.3 Å². The number of carbonyl (C=O) groups is 3. The predicted octanol–water partition coefficient (Wildman–Crippen LogP) is 3.18. The van der Waals surface area contributed by atoms with Gasteiger partial charge in [-0.15, -0.1) is 0 Å². The molecule has 1 aliphatic rings. The van der Waals surface area contributed by atoms with E-state index in [2.05, 4.69) is 0 Å². The normalized spacial score (nSPS) is 17.0. The molecule has 142 valence electrons. The molecule has 0 unspecified atom stereocenters. The highest BCUT2D eigenvalue weighted by atomic mass is 16.6. The summed E-state index contributed by atoms with van der Waals surface area (Å²) in [5, 5.41) is 0. The van der Waals surface area contributed by atoms with Gasteiger partial charge in [0.15, 0.2) is 0 Å². The molecule has 0 N–H and O–H groups in total. The van der Waals surface area contributed by atoms with Crippen LogP contribution < -0.4 is 0 Å². The molecular formula is C19H26N2O5. The fourth-order valence-corrected chi connectivity index (χ4v) is 2.59. The highest BCUT2D eigenvalue weighted by Gasteiger charge is 2.44. The number of ether oxygens (including phenoxy) is 2. The van der Waals surface area contributed by atoms with Crippen molar-refractivity contribution in [1.82, 2.24) is 9.80 Å². The second-order valence-electron chi connectivity index (χ2n) is 7.90. The van der Waals surface area contributed by atoms with Gasteiger partial charge in [0.2, 0.25) is 0 Å². The molecule has 1 saturated heterocycles. The lowest BCUT2D eigenvalue weighted by Crippen LogP contribution is -2.64. The van der Waals surface area contributed by atoms with E-state index in [4.69, 9.17) is 9.47 Å². The molecule has 1 fully saturated rings. The van der Waals surface area contributed by atoms with Crippen LogP contribution in [0.25, 0.3) is 0 Å². The molecule has 2 rings (SSSR count). The van der Waals surface area contributed by atoms with Crippen LogP contribution in [0.1, 0.15) is 40.2 Å². The minimum absolute atomic E-state index is 0.0428. The molecule has 0 spiro atoms. The topological polar surface area (TPSA) is 76.2 Å². The predicted molar refractivity (Wildman–Crippen MR) is 95.4 cm³/mol. The Kier molecular flexibility index (Phi) is 5.59. The van der Waals surface area contributed by atoms with Gasteiger partial charge >= 0.3 is 12.2 Å². The van der Waals surface area contributed by atoms with Gasteiger partial charge in [0, 0.05) is 0 Å². The zero-order valence-corrected chi connectivity index (χ0v) is 15.9. The first-order chi connectivity index (χ1) is 12.0. The Hall–Kier alpha value is -2.57. The number of benzene rings is 1. The summed E-state index contributed by atoms with van der Waals surface area (Å²) in [7, 11) is 0. The molecule has 1 heterocycles. The third-order valence-electron chi connectivity index (χ3n) is 3.91. The van der Waals surface area contributed by atoms with E-state index in [0.717, 1.165) is 10.5 Å². The molecule has 1 aliphatic heterocycles. The van der Waals surface area contributed by atoms with Gasteiger partial charge in [-0.05, 0) is 40.2 Å². The van der Waals surface area contributed by atoms with Gasteiger partial charge in [-0.25, -0.2) is 14.5 Å². The summed E-state index contributed by atoms with van der Waals surface area (Å²) in [5.74, 6) is -0.491. The minimum Gasteiger partial charge on any atom is -0.445 e. The number of hydrogen-bond acceptors (Lipinski definition) is 5. The maximum absolute atomic E-state index is 12.5. The lowest BCUT2D eigenvalue weighted by molar-refractivity contribution is -0.139. The molecule has 0 radical (unpaired) electrons. The van der Waals surface area contributed by atoms with Crippen molar-refractivity contribution in [3.05, 3.63) is 35.9 Å². The molecule has 0 bridgehead atoms. The number of imide groups is 1. The molecule has 7 heteroatoms. The van der Waals surface area contributed by atoms with E-state index >= 15 is 0 Å². The quantitative estimate of drug-likeness (QED) is 0.808. The molecule has 0 saturated carbocycles. The van der Waals surface area contributed by atoms with E-state index in [9.17, 15) is 14.4 Å². The van der Waals surface area contributed by atoms with E-state index in [1.54, 1.807) is 34.6 Å². The Bertz CT molecular complexity index is 679. The van der Waals surface area contributed by atoms with Crippen molar-refractivity contribution in [2.24, 2.45) is 0 Å². The van der Waals surface area contributed by atoms with E-state index in [1.165, 1.54) is 4.90 Å². The van der Waals surface area contributed by atoms with Gasteiger partial charge in [-0.3, -0.25) is 9.69 Å². The second-order valence-corrected chi connectivity index (χ2v) is 7.90. The van der Waals surface area contributed by atoms with Crippen molar-refractivity contribution in [2.45, 2.75) is 52.4 Å². The first kappa shape index (κ1) is 19.8. The van der Waals surface area contributed by atoms with Crippen molar-refractivity contribution in [1.29, 1.82) is 0 Å². The van der Waals surface area contributed by atoms with Crippen LogP contribution in [0.15, 0.2) is 30.3 Å². The summed E-state index contributed by atoms with van der Waals surface area (Å²) in [6, 6.07) is 9.30. The Balaban J connectivity index is 2.02. The van der Waals surface area contributed by atoms with Crippen molar-refractivity contribution < 1.29 is 23.9 Å². The number of hydrogen-bond donors (Lipinski definition) is 0. The molecule has 0 atom stereocenters. The van der Waals surface area contributed by atoms with Crippen LogP contribution >= 0.6 is 0 Å². The second kappa shape index (κ2) is 7.35. The van der Waals surface area contributed by atoms with Crippen molar-refractivity contribution >= 4 is 18.1 Å². The van der Waals surface area contributed by atoms with Crippen LogP contribution in [-0.2, 0) is 20.9 Å². The zero-order chi connectivity index (χ0) is 19.5. The van der Waals surface area contributed by atoms with Crippen molar-refractivity contribution in [3.63, 3.8) is 0 Å². The van der Waals surface area contributed by atoms with Gasteiger partial charge in [-0.2, -0.15) is 0 Å². The third kappa shape index (κ3) is 4.97. The Morgan fingerprint density at radius 3 is 2.31 bits per heavy atom. The average Bonchev–Trinajstić information content (AvgIpc) is 2.53. The highest BCUT2D eigenvalue weighted by Crippen LogP contribution is 2.24. The minimum atomic E-state index is -0.765. The van der Waals surface area contributed by atoms with Crippen LogP contribution in [0, 0.1) is 0 Å². The largest absolute Gasteiger partial charge is 0.445 e. The molecule has 1 aromatic rings. The molecule has 3 amide bonds. The smallest absolute Gasteiger partial charge is 0.417 e. The fraction of sp³-hybridized carbons (Fsp3) is 0.526. The van der Waals surface area contributed by atoms with E-state index < -0.39 is 29.2 Å². The molecule has 0 aromatic heterocycles. The van der Waals surface area contributed by atoms with Crippen LogP contribution in [0.2, 0.25) is 0 Å². The molecule has 7 nitrogen and oxygen atoms in total. The summed E-state index contributed by atoms with van der Waals surface area (Å²) in [5.41, 5.74) is -0.608. The molecular weight excluding hydrogens is 336 g/mol. The Labute approximate surface area is 153 Å². The lowest BCUT2D eigenvalue weighted by atomic mass is 9.99. The average molecular weight is 362 g/mol. The van der Waals surface area contributed by atoms with Crippen LogP contribution in [0.5, 0.6) is 0 Å². The van der Waals surface area contributed by atoms with Gasteiger partial charge in [0.1, 0.15) is 18.8 Å². The summed E-state index contributed by atoms with van der Waals surface area (Å²) in [4.78, 5) is 39.5. The molecule has 26 heavy (non-hydrogen) atoms. The van der Waals surface area contributed by atoms with Crippen molar-refractivity contribution in [2.75, 3.05) is 13.1 Å². The van der Waals surface area contributed by atoms with Crippen LogP contribution in [0.3, 0.4) is 0 Å². The standard InChI is InChI=1S/C19H26N2O5/c1-18(2,3)26-16(23)20-13-19(4,5)21(11-15(20)22)17(24)25-12-14-9-7-6-8-10-14/h6-10H,11-13H2,1-5H3. The summed E-state index contributed by atoms with van der Waals surface area (Å²) in [6.45, 7) is 8.69. The first-order valence-electron chi connectivity index (χ1n) is 8.51. The number of carbonyl (C=O) groups excluding carboxylic acids is 3. The van der Waals surface area contributed by atoms with Crippen molar-refractivity contribution in [3.8, 4) is 0 Å². The number of nitrogens with zero attached hydrogens (tertiary/aromatic N) is 2. The highest BCUT2D eigenvalue weighted by molar-refractivity contribution is 5.95. The molecule has 0 aliphatic carbocycles. The number of piperazine rings is 1. The van der Waals surface area contributed by atoms with Gasteiger partial charge in [0.25, 0.3) is 5.91 Å². The Morgan fingerprint density at radius 2 is 1.73 bits per heavy atom. The van der Waals surface area contributed by atoms with Crippen LogP contribution in [-0.4, -0.2) is 52.1 Å². The number of amides is 3. The maximum atomic E-state index is 12.5. The molecule has 1 aromatic carbocycles. The summed E-state index contributed by atoms with van der Waals surface area (Å²) >= 11 is 0.